The van der Waals surface area contributed by atoms with Crippen molar-refractivity contribution in [2.24, 2.45) is 16.5 Å². The van der Waals surface area contributed by atoms with Gasteiger partial charge in [-0.15, -0.1) is 0 Å². The van der Waals surface area contributed by atoms with Gasteiger partial charge in [0.15, 0.2) is 16.7 Å². The fourth-order valence-electron chi connectivity index (χ4n) is 2.82. The molecule has 0 aliphatic carbocycles. The first-order valence-electron chi connectivity index (χ1n) is 7.70. The van der Waals surface area contributed by atoms with Gasteiger partial charge in [-0.3, -0.25) is 15.5 Å². The molecule has 3 rings (SSSR count). The van der Waals surface area contributed by atoms with Crippen molar-refractivity contribution in [3.63, 3.8) is 0 Å². The molecule has 5 N–H and O–H groups in total. The predicted molar refractivity (Wildman–Crippen MR) is 101 cm³/mol. The zero-order valence-corrected chi connectivity index (χ0v) is 15.4. The lowest BCUT2D eigenvalue weighted by molar-refractivity contribution is -0.385. The number of methoxy groups -OCH3 is 2. The first-order chi connectivity index (χ1) is 12.9. The number of ether oxygens (including phenoxy) is 2. The zero-order valence-electron chi connectivity index (χ0n) is 14.6. The molecule has 0 radical (unpaired) electrons. The number of hydrogen-bond donors (Lipinski definition) is 3. The molecule has 0 unspecified atom stereocenters. The summed E-state index contributed by atoms with van der Waals surface area (Å²) in [5.74, 6) is 0.709. The Hall–Kier alpha value is -3.28. The number of nitrogens with two attached hydrogens (primary N) is 2. The fraction of sp³-hybridized carbons (Fsp3) is 0.267. The summed E-state index contributed by atoms with van der Waals surface area (Å²) in [5, 5.41) is 19.4. The highest BCUT2D eigenvalue weighted by Crippen LogP contribution is 2.42. The van der Waals surface area contributed by atoms with E-state index in [2.05, 4.69) is 9.98 Å². The Bertz CT molecular complexity index is 970. The molecule has 0 saturated carbocycles. The van der Waals surface area contributed by atoms with Gasteiger partial charge in [0.25, 0.3) is 0 Å². The smallest absolute Gasteiger partial charge is 0.314 e. The predicted octanol–water partition coefficient (Wildman–Crippen LogP) is 1.18. The number of fused-ring (bicyclic) bond motifs is 1. The van der Waals surface area contributed by atoms with E-state index in [-0.39, 0.29) is 23.0 Å². The van der Waals surface area contributed by atoms with Gasteiger partial charge < -0.3 is 25.5 Å². The average Bonchev–Trinajstić information content (AvgIpc) is 3.20. The SMILES string of the molecule is COc1cc([N+](=O)[O-])c(OC)cc1-c1nc2n(c1/C(N)=N/C(=N)N)CCS2. The molecule has 142 valence electrons. The second kappa shape index (κ2) is 7.15. The maximum atomic E-state index is 11.3. The molecule has 2 heterocycles. The molecule has 0 amide bonds. The van der Waals surface area contributed by atoms with Gasteiger partial charge in [-0.05, 0) is 0 Å². The van der Waals surface area contributed by atoms with Crippen LogP contribution in [0.2, 0.25) is 0 Å². The summed E-state index contributed by atoms with van der Waals surface area (Å²) >= 11 is 1.54. The van der Waals surface area contributed by atoms with Crippen LogP contribution in [0.15, 0.2) is 22.3 Å². The van der Waals surface area contributed by atoms with Gasteiger partial charge >= 0.3 is 5.69 Å². The summed E-state index contributed by atoms with van der Waals surface area (Å²) in [6.07, 6.45) is 0. The number of nitro groups is 1. The molecule has 2 aromatic rings. The second-order valence-corrected chi connectivity index (χ2v) is 6.52. The number of rotatable bonds is 5. The maximum absolute atomic E-state index is 11.3. The molecule has 11 nitrogen and oxygen atoms in total. The number of amidine groups is 1. The highest BCUT2D eigenvalue weighted by molar-refractivity contribution is 7.99. The van der Waals surface area contributed by atoms with Gasteiger partial charge in [-0.1, -0.05) is 11.8 Å². The molecule has 0 saturated heterocycles. The maximum Gasteiger partial charge on any atom is 0.314 e. The molecule has 0 bridgehead atoms. The van der Waals surface area contributed by atoms with Crippen LogP contribution >= 0.6 is 11.8 Å². The summed E-state index contributed by atoms with van der Waals surface area (Å²) in [7, 11) is 2.74. The van der Waals surface area contributed by atoms with Gasteiger partial charge in [0.2, 0.25) is 5.96 Å². The molecule has 0 atom stereocenters. The highest BCUT2D eigenvalue weighted by atomic mass is 32.2. The van der Waals surface area contributed by atoms with Crippen molar-refractivity contribution >= 4 is 29.2 Å². The largest absolute Gasteiger partial charge is 0.496 e. The van der Waals surface area contributed by atoms with Gasteiger partial charge in [0.1, 0.15) is 17.1 Å². The standard InChI is InChI=1S/C15H17N7O4S/c1-25-9-6-8(22(23)24)10(26-2)5-7(9)11-12(13(16)20-14(17)18)21-3-4-27-15(21)19-11/h5-6H,3-4H2,1-2H3,(H5,16,17,18,20). The molecular formula is C15H17N7O4S. The quantitative estimate of drug-likeness (QED) is 0.295. The van der Waals surface area contributed by atoms with Crippen LogP contribution in [0.25, 0.3) is 11.3 Å². The van der Waals surface area contributed by atoms with Crippen LogP contribution in [-0.4, -0.2) is 46.2 Å². The number of nitro benzene ring substituents is 1. The Balaban J connectivity index is 2.29. The summed E-state index contributed by atoms with van der Waals surface area (Å²) in [6, 6.07) is 2.75. The van der Waals surface area contributed by atoms with Crippen molar-refractivity contribution in [2.75, 3.05) is 20.0 Å². The minimum Gasteiger partial charge on any atom is -0.496 e. The van der Waals surface area contributed by atoms with Gasteiger partial charge in [-0.2, -0.15) is 4.99 Å². The summed E-state index contributed by atoms with van der Waals surface area (Å²) in [4.78, 5) is 19.2. The molecule has 0 fully saturated rings. The first kappa shape index (κ1) is 18.5. The van der Waals surface area contributed by atoms with E-state index in [1.54, 1.807) is 11.8 Å². The Morgan fingerprint density at radius 2 is 2.07 bits per heavy atom. The van der Waals surface area contributed by atoms with Crippen LogP contribution in [0.3, 0.4) is 0 Å². The third-order valence-corrected chi connectivity index (χ3v) is 4.87. The number of guanidine groups is 1. The van der Waals surface area contributed by atoms with Gasteiger partial charge in [0, 0.05) is 23.9 Å². The van der Waals surface area contributed by atoms with Gasteiger partial charge in [-0.25, -0.2) is 4.98 Å². The van der Waals surface area contributed by atoms with Crippen molar-refractivity contribution < 1.29 is 14.4 Å². The number of aliphatic imine (C=N–C) groups is 1. The van der Waals surface area contributed by atoms with Crippen LogP contribution < -0.4 is 20.9 Å². The number of thioether (sulfide) groups is 1. The molecule has 1 aliphatic heterocycles. The molecular weight excluding hydrogens is 374 g/mol. The van der Waals surface area contributed by atoms with Crippen LogP contribution in [0.4, 0.5) is 5.69 Å². The van der Waals surface area contributed by atoms with E-state index in [9.17, 15) is 10.1 Å². The Kier molecular flexibility index (Phi) is 4.90. The van der Waals surface area contributed by atoms with Crippen LogP contribution in [0.5, 0.6) is 11.5 Å². The lowest BCUT2D eigenvalue weighted by Crippen LogP contribution is -2.23. The zero-order chi connectivity index (χ0) is 19.7. The van der Waals surface area contributed by atoms with Crippen LogP contribution in [-0.2, 0) is 6.54 Å². The van der Waals surface area contributed by atoms with Crippen LogP contribution in [0.1, 0.15) is 5.69 Å². The molecule has 1 aromatic heterocycles. The third-order valence-electron chi connectivity index (χ3n) is 3.91. The average molecular weight is 391 g/mol. The summed E-state index contributed by atoms with van der Waals surface area (Å²) in [6.45, 7) is 0.656. The first-order valence-corrected chi connectivity index (χ1v) is 8.68. The molecule has 27 heavy (non-hydrogen) atoms. The third kappa shape index (κ3) is 3.26. The minimum atomic E-state index is -0.555. The normalized spacial score (nSPS) is 13.3. The molecule has 1 aliphatic rings. The van der Waals surface area contributed by atoms with Crippen molar-refractivity contribution in [2.45, 2.75) is 11.7 Å². The number of nitrogens with one attached hydrogen (secondary N) is 1. The fourth-order valence-corrected chi connectivity index (χ4v) is 3.77. The van der Waals surface area contributed by atoms with E-state index in [1.165, 1.54) is 26.4 Å². The highest BCUT2D eigenvalue weighted by Gasteiger charge is 2.29. The number of aromatic nitrogens is 2. The van der Waals surface area contributed by atoms with Crippen molar-refractivity contribution in [1.82, 2.24) is 9.55 Å². The Labute approximate surface area is 158 Å². The van der Waals surface area contributed by atoms with E-state index in [1.807, 2.05) is 4.57 Å². The molecule has 0 spiro atoms. The molecule has 12 heteroatoms. The lowest BCUT2D eigenvalue weighted by atomic mass is 10.1. The Morgan fingerprint density at radius 1 is 1.37 bits per heavy atom. The number of hydrogen-bond acceptors (Lipinski definition) is 7. The number of imidazole rings is 1. The minimum absolute atomic E-state index is 0.0260. The second-order valence-electron chi connectivity index (χ2n) is 5.46. The topological polar surface area (TPSA) is 168 Å². The monoisotopic (exact) mass is 391 g/mol. The van der Waals surface area contributed by atoms with E-state index < -0.39 is 10.9 Å². The number of benzene rings is 1. The molecule has 1 aromatic carbocycles. The van der Waals surface area contributed by atoms with E-state index in [0.29, 0.717) is 23.5 Å². The van der Waals surface area contributed by atoms with Gasteiger partial charge in [0.05, 0.1) is 25.2 Å². The van der Waals surface area contributed by atoms with Crippen molar-refractivity contribution in [3.8, 4) is 22.8 Å². The van der Waals surface area contributed by atoms with E-state index in [0.717, 1.165) is 10.9 Å². The Morgan fingerprint density at radius 3 is 2.67 bits per heavy atom. The van der Waals surface area contributed by atoms with Crippen molar-refractivity contribution in [1.29, 1.82) is 5.41 Å². The van der Waals surface area contributed by atoms with E-state index in [4.69, 9.17) is 26.4 Å². The van der Waals surface area contributed by atoms with Crippen LogP contribution in [0, 0.1) is 15.5 Å². The van der Waals surface area contributed by atoms with Crippen molar-refractivity contribution in [3.05, 3.63) is 27.9 Å². The lowest BCUT2D eigenvalue weighted by Gasteiger charge is -2.12. The van der Waals surface area contributed by atoms with E-state index >= 15 is 0 Å². The number of nitrogens with zero attached hydrogens (tertiary/aromatic N) is 4. The summed E-state index contributed by atoms with van der Waals surface area (Å²) in [5.41, 5.74) is 12.5. The summed E-state index contributed by atoms with van der Waals surface area (Å²) < 4.78 is 12.4.